The molecule has 0 spiro atoms. The van der Waals surface area contributed by atoms with Gasteiger partial charge in [-0.05, 0) is 31.5 Å². The van der Waals surface area contributed by atoms with Gasteiger partial charge in [0.05, 0.1) is 17.3 Å². The Bertz CT molecular complexity index is 741. The minimum atomic E-state index is -0.0869. The van der Waals surface area contributed by atoms with Gasteiger partial charge < -0.3 is 14.7 Å². The van der Waals surface area contributed by atoms with Crippen molar-refractivity contribution in [2.75, 3.05) is 0 Å². The molecule has 0 saturated heterocycles. The first kappa shape index (κ1) is 13.9. The molecule has 1 unspecified atom stereocenters. The average molecular weight is 283 g/mol. The molecule has 1 atom stereocenters. The summed E-state index contributed by atoms with van der Waals surface area (Å²) >= 11 is 0. The fraction of sp³-hybridized carbons (Fsp3) is 0.353. The number of hydrogen-bond acceptors (Lipinski definition) is 3. The van der Waals surface area contributed by atoms with Crippen molar-refractivity contribution in [2.45, 2.75) is 39.3 Å². The molecule has 0 aliphatic heterocycles. The van der Waals surface area contributed by atoms with Crippen LogP contribution in [0.15, 0.2) is 41.0 Å². The van der Waals surface area contributed by atoms with Crippen molar-refractivity contribution >= 4 is 11.0 Å². The smallest absolute Gasteiger partial charge is 0.111 e. The van der Waals surface area contributed by atoms with Gasteiger partial charge in [-0.1, -0.05) is 19.1 Å². The first-order valence-electron chi connectivity index (χ1n) is 7.44. The van der Waals surface area contributed by atoms with Crippen molar-refractivity contribution < 1.29 is 4.42 Å². The van der Waals surface area contributed by atoms with Gasteiger partial charge in [0.25, 0.3) is 0 Å². The highest BCUT2D eigenvalue weighted by Gasteiger charge is 2.17. The second kappa shape index (κ2) is 5.74. The van der Waals surface area contributed by atoms with Crippen LogP contribution in [0.1, 0.15) is 36.5 Å². The molecule has 2 N–H and O–H groups in total. The van der Waals surface area contributed by atoms with Gasteiger partial charge in [0.2, 0.25) is 0 Å². The van der Waals surface area contributed by atoms with Gasteiger partial charge >= 0.3 is 0 Å². The lowest BCUT2D eigenvalue weighted by Crippen LogP contribution is -2.17. The summed E-state index contributed by atoms with van der Waals surface area (Å²) in [6.45, 7) is 5.09. The monoisotopic (exact) mass is 283 g/mol. The Kier molecular flexibility index (Phi) is 3.80. The molecular weight excluding hydrogens is 262 g/mol. The highest BCUT2D eigenvalue weighted by Crippen LogP contribution is 2.23. The zero-order chi connectivity index (χ0) is 14.8. The van der Waals surface area contributed by atoms with Crippen LogP contribution < -0.4 is 5.73 Å². The van der Waals surface area contributed by atoms with Crippen molar-refractivity contribution in [3.63, 3.8) is 0 Å². The van der Waals surface area contributed by atoms with Gasteiger partial charge in [-0.15, -0.1) is 0 Å². The number of aromatic nitrogens is 2. The SMILES string of the molecule is CCCn1c(CC(N)c2ccoc2C)nc2ccccc21. The summed E-state index contributed by atoms with van der Waals surface area (Å²) in [5.74, 6) is 1.94. The second-order valence-corrected chi connectivity index (χ2v) is 5.41. The largest absolute Gasteiger partial charge is 0.469 e. The van der Waals surface area contributed by atoms with Gasteiger partial charge in [-0.25, -0.2) is 4.98 Å². The standard InChI is InChI=1S/C17H21N3O/c1-3-9-20-16-7-5-4-6-15(16)19-17(20)11-14(18)13-8-10-21-12(13)2/h4-8,10,14H,3,9,11,18H2,1-2H3. The van der Waals surface area contributed by atoms with E-state index < -0.39 is 0 Å². The van der Waals surface area contributed by atoms with Crippen LogP contribution in [0, 0.1) is 6.92 Å². The topological polar surface area (TPSA) is 57.0 Å². The number of imidazole rings is 1. The zero-order valence-corrected chi connectivity index (χ0v) is 12.5. The van der Waals surface area contributed by atoms with Crippen LogP contribution in [0.25, 0.3) is 11.0 Å². The van der Waals surface area contributed by atoms with E-state index in [0.29, 0.717) is 0 Å². The van der Waals surface area contributed by atoms with Crippen molar-refractivity contribution in [1.29, 1.82) is 0 Å². The van der Waals surface area contributed by atoms with Crippen LogP contribution in [0.4, 0.5) is 0 Å². The fourth-order valence-corrected chi connectivity index (χ4v) is 2.84. The molecule has 21 heavy (non-hydrogen) atoms. The number of hydrogen-bond donors (Lipinski definition) is 1. The Morgan fingerprint density at radius 3 is 2.81 bits per heavy atom. The molecule has 110 valence electrons. The number of para-hydroxylation sites is 2. The quantitative estimate of drug-likeness (QED) is 0.778. The molecule has 3 rings (SSSR count). The van der Waals surface area contributed by atoms with Crippen molar-refractivity contribution in [1.82, 2.24) is 9.55 Å². The number of nitrogens with two attached hydrogens (primary N) is 1. The lowest BCUT2D eigenvalue weighted by atomic mass is 10.1. The molecule has 0 amide bonds. The van der Waals surface area contributed by atoms with Gasteiger partial charge in [0.1, 0.15) is 11.6 Å². The number of furan rings is 1. The van der Waals surface area contributed by atoms with Crippen LogP contribution in [0.5, 0.6) is 0 Å². The molecule has 0 fully saturated rings. The highest BCUT2D eigenvalue weighted by atomic mass is 16.3. The third-order valence-corrected chi connectivity index (χ3v) is 3.88. The minimum absolute atomic E-state index is 0.0869. The van der Waals surface area contributed by atoms with Crippen LogP contribution in [-0.4, -0.2) is 9.55 Å². The Morgan fingerprint density at radius 2 is 2.10 bits per heavy atom. The summed E-state index contributed by atoms with van der Waals surface area (Å²) in [6, 6.07) is 10.1. The second-order valence-electron chi connectivity index (χ2n) is 5.41. The van der Waals surface area contributed by atoms with Gasteiger partial charge in [0, 0.05) is 24.6 Å². The van der Waals surface area contributed by atoms with Crippen molar-refractivity contribution in [3.8, 4) is 0 Å². The molecule has 3 aromatic rings. The van der Waals surface area contributed by atoms with Crippen LogP contribution in [0.3, 0.4) is 0 Å². The van der Waals surface area contributed by atoms with E-state index in [9.17, 15) is 0 Å². The van der Waals surface area contributed by atoms with E-state index in [1.54, 1.807) is 6.26 Å². The summed E-state index contributed by atoms with van der Waals surface area (Å²) in [7, 11) is 0. The summed E-state index contributed by atoms with van der Waals surface area (Å²) in [6.07, 6.45) is 3.49. The van der Waals surface area contributed by atoms with E-state index in [1.165, 1.54) is 5.52 Å². The third kappa shape index (κ3) is 2.59. The molecule has 0 saturated carbocycles. The number of fused-ring (bicyclic) bond motifs is 1. The minimum Gasteiger partial charge on any atom is -0.469 e. The number of aryl methyl sites for hydroxylation is 2. The number of nitrogens with zero attached hydrogens (tertiary/aromatic N) is 2. The van der Waals surface area contributed by atoms with Crippen molar-refractivity contribution in [2.24, 2.45) is 5.73 Å². The van der Waals surface area contributed by atoms with Crippen LogP contribution in [-0.2, 0) is 13.0 Å². The normalized spacial score (nSPS) is 12.9. The van der Waals surface area contributed by atoms with Gasteiger partial charge in [0.15, 0.2) is 0 Å². The molecular formula is C17H21N3O. The Hall–Kier alpha value is -2.07. The maximum absolute atomic E-state index is 6.35. The van der Waals surface area contributed by atoms with E-state index in [-0.39, 0.29) is 6.04 Å². The lowest BCUT2D eigenvalue weighted by Gasteiger charge is -2.12. The van der Waals surface area contributed by atoms with Crippen molar-refractivity contribution in [3.05, 3.63) is 53.7 Å². The Balaban J connectivity index is 1.96. The van der Waals surface area contributed by atoms with Gasteiger partial charge in [-0.3, -0.25) is 0 Å². The van der Waals surface area contributed by atoms with E-state index in [4.69, 9.17) is 15.1 Å². The molecule has 0 radical (unpaired) electrons. The van der Waals surface area contributed by atoms with E-state index in [0.717, 1.165) is 42.1 Å². The molecule has 1 aromatic carbocycles. The molecule has 2 heterocycles. The Morgan fingerprint density at radius 1 is 1.29 bits per heavy atom. The molecule has 0 bridgehead atoms. The highest BCUT2D eigenvalue weighted by molar-refractivity contribution is 5.75. The molecule has 2 aromatic heterocycles. The van der Waals surface area contributed by atoms with Crippen LogP contribution in [0.2, 0.25) is 0 Å². The lowest BCUT2D eigenvalue weighted by molar-refractivity contribution is 0.521. The van der Waals surface area contributed by atoms with Crippen LogP contribution >= 0.6 is 0 Å². The summed E-state index contributed by atoms with van der Waals surface area (Å²) in [5, 5.41) is 0. The predicted octanol–water partition coefficient (Wildman–Crippen LogP) is 3.59. The maximum atomic E-state index is 6.35. The van der Waals surface area contributed by atoms with E-state index >= 15 is 0 Å². The number of benzene rings is 1. The molecule has 0 aliphatic carbocycles. The predicted molar refractivity (Wildman–Crippen MR) is 84.1 cm³/mol. The first-order valence-corrected chi connectivity index (χ1v) is 7.44. The molecule has 4 heteroatoms. The third-order valence-electron chi connectivity index (χ3n) is 3.88. The average Bonchev–Trinajstić information content (AvgIpc) is 3.04. The van der Waals surface area contributed by atoms with E-state index in [2.05, 4.69) is 29.7 Å². The van der Waals surface area contributed by atoms with E-state index in [1.807, 2.05) is 19.1 Å². The summed E-state index contributed by atoms with van der Waals surface area (Å²) < 4.78 is 7.64. The summed E-state index contributed by atoms with van der Waals surface area (Å²) in [5.41, 5.74) is 9.63. The van der Waals surface area contributed by atoms with Gasteiger partial charge in [-0.2, -0.15) is 0 Å². The summed E-state index contributed by atoms with van der Waals surface area (Å²) in [4.78, 5) is 4.76. The first-order chi connectivity index (χ1) is 10.2. The molecule has 0 aliphatic rings. The maximum Gasteiger partial charge on any atom is 0.111 e. The number of rotatable bonds is 5. The Labute approximate surface area is 124 Å². The molecule has 4 nitrogen and oxygen atoms in total. The fourth-order valence-electron chi connectivity index (χ4n) is 2.84. The zero-order valence-electron chi connectivity index (χ0n) is 12.5.